The topological polar surface area (TPSA) is 56.7 Å². The van der Waals surface area contributed by atoms with Crippen LogP contribution in [0.3, 0.4) is 0 Å². The maximum Gasteiger partial charge on any atom is 0.238 e. The molecule has 0 N–H and O–H groups in total. The zero-order valence-electron chi connectivity index (χ0n) is 26.9. The van der Waals surface area contributed by atoms with E-state index in [-0.39, 0.29) is 0 Å². The average molecular weight is 641 g/mol. The molecule has 3 aromatic heterocycles. The minimum atomic E-state index is 0.569. The van der Waals surface area contributed by atoms with Crippen LogP contribution in [-0.4, -0.2) is 19.5 Å². The van der Waals surface area contributed by atoms with E-state index in [1.807, 2.05) is 78.9 Å². The van der Waals surface area contributed by atoms with Gasteiger partial charge >= 0.3 is 0 Å². The van der Waals surface area contributed by atoms with Gasteiger partial charge in [-0.2, -0.15) is 9.97 Å². The number of hydrogen-bond acceptors (Lipinski definition) is 4. The van der Waals surface area contributed by atoms with Gasteiger partial charge in [0.25, 0.3) is 0 Å². The highest BCUT2D eigenvalue weighted by Gasteiger charge is 2.21. The summed E-state index contributed by atoms with van der Waals surface area (Å²) in [6, 6.07) is 58.5. The summed E-state index contributed by atoms with van der Waals surface area (Å²) in [6.45, 7) is 0. The maximum absolute atomic E-state index is 6.61. The third kappa shape index (κ3) is 4.52. The number of fused-ring (bicyclic) bond motifs is 6. The van der Waals surface area contributed by atoms with Gasteiger partial charge in [-0.05, 0) is 41.0 Å². The van der Waals surface area contributed by atoms with Gasteiger partial charge in [-0.15, -0.1) is 0 Å². The molecular weight excluding hydrogens is 613 g/mol. The Kier molecular flexibility index (Phi) is 6.42. The first-order valence-corrected chi connectivity index (χ1v) is 16.7. The van der Waals surface area contributed by atoms with Gasteiger partial charge in [0, 0.05) is 38.2 Å². The van der Waals surface area contributed by atoms with E-state index in [1.165, 1.54) is 0 Å². The quantitative estimate of drug-likeness (QED) is 0.188. The van der Waals surface area contributed by atoms with Crippen molar-refractivity contribution in [1.29, 1.82) is 0 Å². The molecule has 0 aliphatic rings. The lowest BCUT2D eigenvalue weighted by molar-refractivity contribution is 0.670. The molecule has 50 heavy (non-hydrogen) atoms. The summed E-state index contributed by atoms with van der Waals surface area (Å²) in [7, 11) is 0. The Hall–Kier alpha value is -6.85. The van der Waals surface area contributed by atoms with E-state index in [2.05, 4.69) is 95.6 Å². The van der Waals surface area contributed by atoms with Crippen LogP contribution in [0, 0.1) is 0 Å². The van der Waals surface area contributed by atoms with E-state index >= 15 is 0 Å². The summed E-state index contributed by atoms with van der Waals surface area (Å²) in [5, 5.41) is 4.45. The predicted molar refractivity (Wildman–Crippen MR) is 203 cm³/mol. The molecule has 3 heterocycles. The molecule has 7 aromatic carbocycles. The SMILES string of the molecule is c1ccc(-c2nc(-c3ccccc3)nc(-n3c4ccccc4c4ccc(-c5ccc(-c6ccccc6)c6oc7ccccc7c56)cc43)n2)cc1. The summed E-state index contributed by atoms with van der Waals surface area (Å²) in [4.78, 5) is 15.2. The molecular formula is C45H28N4O. The number of nitrogens with zero attached hydrogens (tertiary/aromatic N) is 4. The zero-order chi connectivity index (χ0) is 33.0. The van der Waals surface area contributed by atoms with Gasteiger partial charge in [-0.25, -0.2) is 4.98 Å². The molecule has 0 radical (unpaired) electrons. The van der Waals surface area contributed by atoms with E-state index in [4.69, 9.17) is 19.4 Å². The first-order valence-electron chi connectivity index (χ1n) is 16.7. The summed E-state index contributed by atoms with van der Waals surface area (Å²) in [5.74, 6) is 1.82. The van der Waals surface area contributed by atoms with E-state index in [0.29, 0.717) is 17.6 Å². The summed E-state index contributed by atoms with van der Waals surface area (Å²) in [5.41, 5.74) is 10.0. The molecule has 0 saturated heterocycles. The van der Waals surface area contributed by atoms with Gasteiger partial charge in [0.2, 0.25) is 5.95 Å². The van der Waals surface area contributed by atoms with Crippen molar-refractivity contribution in [2.45, 2.75) is 0 Å². The Morgan fingerprint density at radius 2 is 0.960 bits per heavy atom. The molecule has 234 valence electrons. The smallest absolute Gasteiger partial charge is 0.238 e. The fraction of sp³-hybridized carbons (Fsp3) is 0. The molecule has 0 saturated carbocycles. The van der Waals surface area contributed by atoms with Crippen molar-refractivity contribution in [3.8, 4) is 51.0 Å². The zero-order valence-corrected chi connectivity index (χ0v) is 26.9. The second kappa shape index (κ2) is 11.4. The maximum atomic E-state index is 6.61. The fourth-order valence-electron chi connectivity index (χ4n) is 7.16. The Labute approximate surface area is 287 Å². The molecule has 0 unspecified atom stereocenters. The highest BCUT2D eigenvalue weighted by molar-refractivity contribution is 6.17. The molecule has 0 aliphatic heterocycles. The van der Waals surface area contributed by atoms with Crippen LogP contribution in [0.4, 0.5) is 0 Å². The predicted octanol–water partition coefficient (Wildman–Crippen LogP) is 11.5. The lowest BCUT2D eigenvalue weighted by atomic mass is 9.94. The fourth-order valence-corrected chi connectivity index (χ4v) is 7.16. The largest absolute Gasteiger partial charge is 0.455 e. The van der Waals surface area contributed by atoms with Crippen LogP contribution in [0.2, 0.25) is 0 Å². The van der Waals surface area contributed by atoms with E-state index in [1.54, 1.807) is 0 Å². The number of rotatable bonds is 5. The van der Waals surface area contributed by atoms with Crippen LogP contribution in [0.1, 0.15) is 0 Å². The van der Waals surface area contributed by atoms with Crippen molar-refractivity contribution in [1.82, 2.24) is 19.5 Å². The van der Waals surface area contributed by atoms with Crippen molar-refractivity contribution in [2.75, 3.05) is 0 Å². The highest BCUT2D eigenvalue weighted by atomic mass is 16.3. The molecule has 0 atom stereocenters. The summed E-state index contributed by atoms with van der Waals surface area (Å²) >= 11 is 0. The standard InChI is InChI=1S/C45H28N4O/c1-4-14-29(15-5-1)34-27-26-33(41-37-21-11-13-23-40(37)50-42(34)41)32-24-25-36-35-20-10-12-22-38(35)49(39(36)28-32)45-47-43(30-16-6-2-7-17-30)46-44(48-45)31-18-8-3-9-19-31/h1-28H. The molecule has 0 amide bonds. The Bertz CT molecular complexity index is 2800. The highest BCUT2D eigenvalue weighted by Crippen LogP contribution is 2.43. The second-order valence-corrected chi connectivity index (χ2v) is 12.4. The first kappa shape index (κ1) is 28.2. The molecule has 0 spiro atoms. The van der Waals surface area contributed by atoms with Crippen molar-refractivity contribution in [2.24, 2.45) is 0 Å². The lowest BCUT2D eigenvalue weighted by Crippen LogP contribution is -2.06. The molecule has 10 aromatic rings. The van der Waals surface area contributed by atoms with Crippen molar-refractivity contribution < 1.29 is 4.42 Å². The van der Waals surface area contributed by atoms with Crippen molar-refractivity contribution >= 4 is 43.7 Å². The number of benzene rings is 7. The lowest BCUT2D eigenvalue weighted by Gasteiger charge is -2.12. The van der Waals surface area contributed by atoms with Gasteiger partial charge in [-0.3, -0.25) is 4.57 Å². The van der Waals surface area contributed by atoms with Gasteiger partial charge in [0.1, 0.15) is 11.2 Å². The molecule has 5 heteroatoms. The van der Waals surface area contributed by atoms with E-state index < -0.39 is 0 Å². The van der Waals surface area contributed by atoms with Crippen molar-refractivity contribution in [3.63, 3.8) is 0 Å². The third-order valence-electron chi connectivity index (χ3n) is 9.48. The van der Waals surface area contributed by atoms with Crippen LogP contribution in [-0.2, 0) is 0 Å². The van der Waals surface area contributed by atoms with E-state index in [0.717, 1.165) is 77.1 Å². The molecule has 0 fully saturated rings. The third-order valence-corrected chi connectivity index (χ3v) is 9.48. The summed E-state index contributed by atoms with van der Waals surface area (Å²) < 4.78 is 8.79. The molecule has 5 nitrogen and oxygen atoms in total. The van der Waals surface area contributed by atoms with Crippen LogP contribution >= 0.6 is 0 Å². The Balaban J connectivity index is 1.25. The van der Waals surface area contributed by atoms with Crippen LogP contribution in [0.15, 0.2) is 174 Å². The van der Waals surface area contributed by atoms with Gasteiger partial charge in [-0.1, -0.05) is 146 Å². The minimum absolute atomic E-state index is 0.569. The number of aromatic nitrogens is 4. The second-order valence-electron chi connectivity index (χ2n) is 12.4. The average Bonchev–Trinajstić information content (AvgIpc) is 3.75. The van der Waals surface area contributed by atoms with Gasteiger partial charge in [0.15, 0.2) is 11.6 Å². The minimum Gasteiger partial charge on any atom is -0.455 e. The molecule has 0 bridgehead atoms. The van der Waals surface area contributed by atoms with Crippen LogP contribution in [0.5, 0.6) is 0 Å². The van der Waals surface area contributed by atoms with E-state index in [9.17, 15) is 0 Å². The number of hydrogen-bond donors (Lipinski definition) is 0. The monoisotopic (exact) mass is 640 g/mol. The Morgan fingerprint density at radius 3 is 1.66 bits per heavy atom. The summed E-state index contributed by atoms with van der Waals surface area (Å²) in [6.07, 6.45) is 0. The number of para-hydroxylation sites is 2. The van der Waals surface area contributed by atoms with Gasteiger partial charge < -0.3 is 4.42 Å². The van der Waals surface area contributed by atoms with Gasteiger partial charge in [0.05, 0.1) is 11.0 Å². The normalized spacial score (nSPS) is 11.6. The van der Waals surface area contributed by atoms with Crippen LogP contribution in [0.25, 0.3) is 94.7 Å². The van der Waals surface area contributed by atoms with Crippen LogP contribution < -0.4 is 0 Å². The Morgan fingerprint density at radius 1 is 0.400 bits per heavy atom. The van der Waals surface area contributed by atoms with Crippen molar-refractivity contribution in [3.05, 3.63) is 170 Å². The first-order chi connectivity index (χ1) is 24.8. The number of furan rings is 1. The molecule has 10 rings (SSSR count). The molecule has 0 aliphatic carbocycles.